The van der Waals surface area contributed by atoms with Crippen LogP contribution in [0.25, 0.3) is 0 Å². The molecule has 0 fully saturated rings. The van der Waals surface area contributed by atoms with Gasteiger partial charge in [0.15, 0.2) is 0 Å². The van der Waals surface area contributed by atoms with Crippen LogP contribution in [0.3, 0.4) is 0 Å². The molecule has 6 nitrogen and oxygen atoms in total. The minimum absolute atomic E-state index is 0.00593. The molecule has 0 aliphatic carbocycles. The van der Waals surface area contributed by atoms with E-state index in [1.165, 1.54) is 0 Å². The zero-order chi connectivity index (χ0) is 14.3. The lowest BCUT2D eigenvalue weighted by Gasteiger charge is -2.11. The topological polar surface area (TPSA) is 63.2 Å². The monoisotopic (exact) mass is 287 g/mol. The van der Waals surface area contributed by atoms with Gasteiger partial charge in [0.2, 0.25) is 11.2 Å². The van der Waals surface area contributed by atoms with Crippen LogP contribution in [0.2, 0.25) is 5.28 Å². The zero-order valence-electron chi connectivity index (χ0n) is 12.0. The number of halogens is 1. The van der Waals surface area contributed by atoms with Crippen LogP contribution in [-0.4, -0.2) is 53.1 Å². The first-order chi connectivity index (χ1) is 8.97. The van der Waals surface area contributed by atoms with Crippen LogP contribution in [0.15, 0.2) is 0 Å². The third kappa shape index (κ3) is 7.12. The second-order valence-electron chi connectivity index (χ2n) is 4.81. The van der Waals surface area contributed by atoms with E-state index >= 15 is 0 Å². The number of nitrogens with one attached hydrogen (secondary N) is 1. The van der Waals surface area contributed by atoms with Crippen molar-refractivity contribution in [1.29, 1.82) is 0 Å². The number of ether oxygens (including phenoxy) is 1. The number of hydrogen-bond donors (Lipinski definition) is 1. The molecule has 108 valence electrons. The van der Waals surface area contributed by atoms with Crippen molar-refractivity contribution in [1.82, 2.24) is 19.9 Å². The summed E-state index contributed by atoms with van der Waals surface area (Å²) in [5.41, 5.74) is 0. The minimum atomic E-state index is 0.00593. The van der Waals surface area contributed by atoms with Crippen LogP contribution in [0.5, 0.6) is 6.01 Å². The van der Waals surface area contributed by atoms with Crippen LogP contribution in [0, 0.1) is 0 Å². The molecule has 1 aromatic heterocycles. The van der Waals surface area contributed by atoms with Gasteiger partial charge in [-0.15, -0.1) is 0 Å². The molecule has 0 amide bonds. The highest BCUT2D eigenvalue weighted by Crippen LogP contribution is 2.12. The molecule has 19 heavy (non-hydrogen) atoms. The molecule has 0 saturated heterocycles. The predicted octanol–water partition coefficient (Wildman–Crippen LogP) is 2.07. The lowest BCUT2D eigenvalue weighted by atomic mass is 10.3. The van der Waals surface area contributed by atoms with Crippen LogP contribution in [0.1, 0.15) is 26.7 Å². The summed E-state index contributed by atoms with van der Waals surface area (Å²) in [6, 6.07) is 0.255. The van der Waals surface area contributed by atoms with Gasteiger partial charge in [-0.2, -0.15) is 15.0 Å². The summed E-state index contributed by atoms with van der Waals surface area (Å²) < 4.78 is 5.40. The Hall–Kier alpha value is -1.14. The normalized spacial score (nSPS) is 11.1. The van der Waals surface area contributed by atoms with Gasteiger partial charge in [0.05, 0.1) is 6.10 Å². The van der Waals surface area contributed by atoms with Gasteiger partial charge in [0, 0.05) is 6.54 Å². The Balaban J connectivity index is 2.42. The van der Waals surface area contributed by atoms with Gasteiger partial charge < -0.3 is 15.0 Å². The van der Waals surface area contributed by atoms with E-state index < -0.39 is 0 Å². The number of nitrogens with zero attached hydrogens (tertiary/aromatic N) is 4. The fourth-order valence-corrected chi connectivity index (χ4v) is 1.58. The molecule has 0 aliphatic heterocycles. The Morgan fingerprint density at radius 3 is 2.58 bits per heavy atom. The lowest BCUT2D eigenvalue weighted by Crippen LogP contribution is -2.15. The second kappa shape index (κ2) is 8.12. The first-order valence-corrected chi connectivity index (χ1v) is 6.82. The third-order valence-electron chi connectivity index (χ3n) is 2.24. The average Bonchev–Trinajstić information content (AvgIpc) is 2.26. The van der Waals surface area contributed by atoms with E-state index in [1.807, 2.05) is 13.8 Å². The largest absolute Gasteiger partial charge is 0.461 e. The SMILES string of the molecule is CC(C)Oc1nc(Cl)nc(NCCCCN(C)C)n1. The van der Waals surface area contributed by atoms with Gasteiger partial charge in [0.1, 0.15) is 0 Å². The molecule has 0 spiro atoms. The molecule has 0 unspecified atom stereocenters. The van der Waals surface area contributed by atoms with Crippen LogP contribution in [-0.2, 0) is 0 Å². The highest BCUT2D eigenvalue weighted by Gasteiger charge is 2.07. The van der Waals surface area contributed by atoms with Crippen molar-refractivity contribution < 1.29 is 4.74 Å². The molecule has 0 saturated carbocycles. The van der Waals surface area contributed by atoms with Gasteiger partial charge in [-0.25, -0.2) is 0 Å². The number of aromatic nitrogens is 3. The van der Waals surface area contributed by atoms with Crippen molar-refractivity contribution in [3.8, 4) is 6.01 Å². The van der Waals surface area contributed by atoms with Gasteiger partial charge in [-0.05, 0) is 58.9 Å². The van der Waals surface area contributed by atoms with E-state index in [4.69, 9.17) is 16.3 Å². The first-order valence-electron chi connectivity index (χ1n) is 6.44. The number of anilines is 1. The molecule has 0 radical (unpaired) electrons. The summed E-state index contributed by atoms with van der Waals surface area (Å²) in [6.45, 7) is 5.69. The summed E-state index contributed by atoms with van der Waals surface area (Å²) in [5, 5.41) is 3.27. The Labute approximate surface area is 119 Å². The van der Waals surface area contributed by atoms with Gasteiger partial charge in [-0.3, -0.25) is 0 Å². The maximum absolute atomic E-state index is 5.83. The van der Waals surface area contributed by atoms with Crippen molar-refractivity contribution >= 4 is 17.5 Å². The summed E-state index contributed by atoms with van der Waals surface area (Å²) in [7, 11) is 4.13. The quantitative estimate of drug-likeness (QED) is 0.739. The summed E-state index contributed by atoms with van der Waals surface area (Å²) in [5.74, 6) is 0.459. The molecular weight excluding hydrogens is 266 g/mol. The third-order valence-corrected chi connectivity index (χ3v) is 2.41. The maximum atomic E-state index is 5.83. The van der Waals surface area contributed by atoms with Crippen molar-refractivity contribution in [2.45, 2.75) is 32.8 Å². The van der Waals surface area contributed by atoms with Crippen molar-refractivity contribution in [2.24, 2.45) is 0 Å². The standard InChI is InChI=1S/C12H22ClN5O/c1-9(2)19-12-16-10(13)15-11(17-12)14-7-5-6-8-18(3)4/h9H,5-8H2,1-4H3,(H,14,15,16,17). The van der Waals surface area contributed by atoms with Gasteiger partial charge in [0.25, 0.3) is 0 Å². The van der Waals surface area contributed by atoms with E-state index in [2.05, 4.69) is 39.3 Å². The number of rotatable bonds is 8. The second-order valence-corrected chi connectivity index (χ2v) is 5.15. The smallest absolute Gasteiger partial charge is 0.322 e. The van der Waals surface area contributed by atoms with Crippen LogP contribution in [0.4, 0.5) is 5.95 Å². The van der Waals surface area contributed by atoms with E-state index in [-0.39, 0.29) is 17.4 Å². The average molecular weight is 288 g/mol. The first kappa shape index (κ1) is 15.9. The van der Waals surface area contributed by atoms with Crippen molar-refractivity contribution in [2.75, 3.05) is 32.5 Å². The zero-order valence-corrected chi connectivity index (χ0v) is 12.7. The Morgan fingerprint density at radius 2 is 1.95 bits per heavy atom. The van der Waals surface area contributed by atoms with Gasteiger partial charge >= 0.3 is 6.01 Å². The van der Waals surface area contributed by atoms with E-state index in [1.54, 1.807) is 0 Å². The molecule has 0 atom stereocenters. The summed E-state index contributed by atoms with van der Waals surface area (Å²) >= 11 is 5.83. The fraction of sp³-hybridized carbons (Fsp3) is 0.750. The molecule has 0 aromatic carbocycles. The number of unbranched alkanes of at least 4 members (excludes halogenated alkanes) is 1. The maximum Gasteiger partial charge on any atom is 0.322 e. The van der Waals surface area contributed by atoms with Crippen molar-refractivity contribution in [3.05, 3.63) is 5.28 Å². The Bertz CT molecular complexity index is 386. The van der Waals surface area contributed by atoms with E-state index in [0.717, 1.165) is 25.9 Å². The molecule has 0 bridgehead atoms. The highest BCUT2D eigenvalue weighted by atomic mass is 35.5. The molecule has 1 aromatic rings. The van der Waals surface area contributed by atoms with Crippen LogP contribution < -0.4 is 10.1 Å². The highest BCUT2D eigenvalue weighted by molar-refractivity contribution is 6.28. The minimum Gasteiger partial charge on any atom is -0.461 e. The molecule has 1 heterocycles. The summed E-state index contributed by atoms with van der Waals surface area (Å²) in [6.07, 6.45) is 2.17. The Morgan fingerprint density at radius 1 is 1.21 bits per heavy atom. The molecule has 1 rings (SSSR count). The molecular formula is C12H22ClN5O. The number of hydrogen-bond acceptors (Lipinski definition) is 6. The van der Waals surface area contributed by atoms with Crippen LogP contribution >= 0.6 is 11.6 Å². The van der Waals surface area contributed by atoms with Crippen molar-refractivity contribution in [3.63, 3.8) is 0 Å². The van der Waals surface area contributed by atoms with E-state index in [9.17, 15) is 0 Å². The fourth-order valence-electron chi connectivity index (χ4n) is 1.43. The molecule has 7 heteroatoms. The molecule has 0 aliphatic rings. The van der Waals surface area contributed by atoms with E-state index in [0.29, 0.717) is 5.95 Å². The van der Waals surface area contributed by atoms with Gasteiger partial charge in [-0.1, -0.05) is 0 Å². The predicted molar refractivity (Wildman–Crippen MR) is 76.9 cm³/mol. The Kier molecular flexibility index (Phi) is 6.80. The molecule has 1 N–H and O–H groups in total. The lowest BCUT2D eigenvalue weighted by molar-refractivity contribution is 0.222. The summed E-state index contributed by atoms with van der Waals surface area (Å²) in [4.78, 5) is 14.2.